The number of hydrogen-bond acceptors (Lipinski definition) is 2. The fourth-order valence-electron chi connectivity index (χ4n) is 3.90. The summed E-state index contributed by atoms with van der Waals surface area (Å²) in [6.45, 7) is 0.299. The number of halogens is 1. The van der Waals surface area contributed by atoms with Gasteiger partial charge in [0.05, 0.1) is 18.0 Å². The van der Waals surface area contributed by atoms with E-state index in [9.17, 15) is 19.1 Å². The Balaban J connectivity index is 1.58. The molecule has 0 bridgehead atoms. The third kappa shape index (κ3) is 3.76. The smallest absolute Gasteiger partial charge is 0.335 e. The molecule has 3 aromatic carbocycles. The summed E-state index contributed by atoms with van der Waals surface area (Å²) in [6, 6.07) is 20.9. The highest BCUT2D eigenvalue weighted by Gasteiger charge is 2.36. The molecule has 1 aliphatic rings. The van der Waals surface area contributed by atoms with E-state index < -0.39 is 5.97 Å². The molecule has 1 N–H and O–H groups in total. The molecule has 1 aliphatic heterocycles. The lowest BCUT2D eigenvalue weighted by Gasteiger charge is -2.18. The fourth-order valence-corrected chi connectivity index (χ4v) is 3.90. The Labute approximate surface area is 168 Å². The lowest BCUT2D eigenvalue weighted by Crippen LogP contribution is -2.28. The third-order valence-electron chi connectivity index (χ3n) is 5.34. The van der Waals surface area contributed by atoms with Gasteiger partial charge in [-0.3, -0.25) is 4.79 Å². The van der Waals surface area contributed by atoms with Crippen LogP contribution in [0.15, 0.2) is 72.8 Å². The molecule has 0 saturated heterocycles. The Morgan fingerprint density at radius 1 is 1.00 bits per heavy atom. The average Bonchev–Trinajstić information content (AvgIpc) is 2.99. The van der Waals surface area contributed by atoms with Crippen molar-refractivity contribution in [1.29, 1.82) is 0 Å². The molecule has 0 unspecified atom stereocenters. The van der Waals surface area contributed by atoms with Gasteiger partial charge in [-0.15, -0.1) is 0 Å². The molecule has 0 saturated carbocycles. The average molecular weight is 389 g/mol. The van der Waals surface area contributed by atoms with Gasteiger partial charge in [0.2, 0.25) is 5.91 Å². The summed E-state index contributed by atoms with van der Waals surface area (Å²) in [6.07, 6.45) is 0.988. The molecule has 1 atom stereocenters. The number of anilines is 1. The minimum Gasteiger partial charge on any atom is -0.478 e. The van der Waals surface area contributed by atoms with E-state index in [0.29, 0.717) is 24.9 Å². The number of hydrogen-bond donors (Lipinski definition) is 1. The Kier molecular flexibility index (Phi) is 5.12. The van der Waals surface area contributed by atoms with Crippen molar-refractivity contribution in [3.05, 3.63) is 101 Å². The van der Waals surface area contributed by atoms with Crippen LogP contribution in [0, 0.1) is 5.82 Å². The SMILES string of the molecule is O=C(O)c1cccc(CN2C(=O)[C@@H](CCc3ccccc3F)c3ccccc32)c1. The van der Waals surface area contributed by atoms with E-state index in [0.717, 1.165) is 16.8 Å². The number of carboxylic acid groups (broad SMARTS) is 1. The first-order chi connectivity index (χ1) is 14.0. The Bertz CT molecular complexity index is 1080. The topological polar surface area (TPSA) is 57.6 Å². The zero-order valence-electron chi connectivity index (χ0n) is 15.7. The first-order valence-electron chi connectivity index (χ1n) is 9.50. The van der Waals surface area contributed by atoms with E-state index in [1.54, 1.807) is 35.2 Å². The van der Waals surface area contributed by atoms with Gasteiger partial charge >= 0.3 is 5.97 Å². The van der Waals surface area contributed by atoms with E-state index in [1.165, 1.54) is 12.1 Å². The molecule has 0 spiro atoms. The van der Waals surface area contributed by atoms with E-state index in [2.05, 4.69) is 0 Å². The number of carbonyl (C=O) groups is 2. The molecule has 5 heteroatoms. The van der Waals surface area contributed by atoms with Gasteiger partial charge in [-0.2, -0.15) is 0 Å². The number of nitrogens with zero attached hydrogens (tertiary/aromatic N) is 1. The standard InChI is InChI=1S/C24H20FNO3/c25-21-10-3-1-7-17(21)12-13-20-19-9-2-4-11-22(19)26(23(20)27)15-16-6-5-8-18(14-16)24(28)29/h1-11,14,20H,12-13,15H2,(H,28,29)/t20-/m0/s1. The first kappa shape index (κ1) is 18.9. The zero-order valence-corrected chi connectivity index (χ0v) is 15.7. The summed E-state index contributed by atoms with van der Waals surface area (Å²) in [4.78, 5) is 26.1. The molecule has 0 fully saturated rings. The van der Waals surface area contributed by atoms with Crippen molar-refractivity contribution < 1.29 is 19.1 Å². The Morgan fingerprint density at radius 2 is 1.76 bits per heavy atom. The Hall–Kier alpha value is -3.47. The molecule has 4 nitrogen and oxygen atoms in total. The van der Waals surface area contributed by atoms with Crippen LogP contribution in [0.4, 0.5) is 10.1 Å². The van der Waals surface area contributed by atoms with Gasteiger partial charge in [-0.05, 0) is 53.8 Å². The van der Waals surface area contributed by atoms with Crippen LogP contribution in [-0.2, 0) is 17.8 Å². The van der Waals surface area contributed by atoms with Crippen LogP contribution in [0.3, 0.4) is 0 Å². The highest BCUT2D eigenvalue weighted by molar-refractivity contribution is 6.04. The van der Waals surface area contributed by atoms with E-state index >= 15 is 0 Å². The molecular formula is C24H20FNO3. The van der Waals surface area contributed by atoms with E-state index in [4.69, 9.17) is 0 Å². The largest absolute Gasteiger partial charge is 0.478 e. The van der Waals surface area contributed by atoms with Crippen molar-refractivity contribution in [2.75, 3.05) is 4.90 Å². The highest BCUT2D eigenvalue weighted by atomic mass is 19.1. The minimum atomic E-state index is -0.997. The van der Waals surface area contributed by atoms with Gasteiger partial charge in [0, 0.05) is 5.69 Å². The number of carbonyl (C=O) groups excluding carboxylic acids is 1. The maximum absolute atomic E-state index is 14.0. The number of aromatic carboxylic acids is 1. The Morgan fingerprint density at radius 3 is 2.55 bits per heavy atom. The first-order valence-corrected chi connectivity index (χ1v) is 9.50. The van der Waals surface area contributed by atoms with Crippen LogP contribution in [0.1, 0.15) is 39.4 Å². The van der Waals surface area contributed by atoms with Gasteiger partial charge in [-0.1, -0.05) is 48.5 Å². The summed E-state index contributed by atoms with van der Waals surface area (Å²) in [5.74, 6) is -1.63. The quantitative estimate of drug-likeness (QED) is 0.660. The number of fused-ring (bicyclic) bond motifs is 1. The van der Waals surface area contributed by atoms with Crippen LogP contribution in [0.2, 0.25) is 0 Å². The van der Waals surface area contributed by atoms with Gasteiger partial charge < -0.3 is 10.0 Å². The number of carboxylic acids is 1. The fraction of sp³-hybridized carbons (Fsp3) is 0.167. The number of aryl methyl sites for hydroxylation is 1. The molecular weight excluding hydrogens is 369 g/mol. The lowest BCUT2D eigenvalue weighted by atomic mass is 9.93. The maximum atomic E-state index is 14.0. The number of rotatable bonds is 6. The molecule has 3 aromatic rings. The zero-order chi connectivity index (χ0) is 20.4. The lowest BCUT2D eigenvalue weighted by molar-refractivity contribution is -0.119. The normalized spacial score (nSPS) is 15.4. The van der Waals surface area contributed by atoms with Crippen molar-refractivity contribution in [3.8, 4) is 0 Å². The predicted molar refractivity (Wildman–Crippen MR) is 108 cm³/mol. The molecule has 146 valence electrons. The van der Waals surface area contributed by atoms with Crippen LogP contribution >= 0.6 is 0 Å². The third-order valence-corrected chi connectivity index (χ3v) is 5.34. The summed E-state index contributed by atoms with van der Waals surface area (Å²) in [7, 11) is 0. The van der Waals surface area contributed by atoms with Crippen LogP contribution in [0.25, 0.3) is 0 Å². The summed E-state index contributed by atoms with van der Waals surface area (Å²) in [5, 5.41) is 9.21. The highest BCUT2D eigenvalue weighted by Crippen LogP contribution is 2.40. The van der Waals surface area contributed by atoms with Crippen molar-refractivity contribution in [2.24, 2.45) is 0 Å². The monoisotopic (exact) mass is 389 g/mol. The summed E-state index contributed by atoms with van der Waals surface area (Å²) in [5.41, 5.74) is 3.31. The number of amides is 1. The van der Waals surface area contributed by atoms with E-state index in [-0.39, 0.29) is 23.2 Å². The van der Waals surface area contributed by atoms with Crippen molar-refractivity contribution in [2.45, 2.75) is 25.3 Å². The van der Waals surface area contributed by atoms with Crippen LogP contribution in [0.5, 0.6) is 0 Å². The maximum Gasteiger partial charge on any atom is 0.335 e. The van der Waals surface area contributed by atoms with Gasteiger partial charge in [0.25, 0.3) is 0 Å². The molecule has 29 heavy (non-hydrogen) atoms. The van der Waals surface area contributed by atoms with E-state index in [1.807, 2.05) is 30.3 Å². The van der Waals surface area contributed by atoms with Crippen molar-refractivity contribution in [3.63, 3.8) is 0 Å². The molecule has 0 radical (unpaired) electrons. The molecule has 0 aromatic heterocycles. The van der Waals surface area contributed by atoms with Crippen molar-refractivity contribution >= 4 is 17.6 Å². The molecule has 4 rings (SSSR count). The second-order valence-corrected chi connectivity index (χ2v) is 7.17. The minimum absolute atomic E-state index is 0.0386. The second-order valence-electron chi connectivity index (χ2n) is 7.17. The van der Waals surface area contributed by atoms with Crippen LogP contribution < -0.4 is 4.90 Å². The molecule has 1 heterocycles. The number of para-hydroxylation sites is 1. The van der Waals surface area contributed by atoms with Crippen LogP contribution in [-0.4, -0.2) is 17.0 Å². The summed E-state index contributed by atoms with van der Waals surface area (Å²) >= 11 is 0. The van der Waals surface area contributed by atoms with Gasteiger partial charge in [0.15, 0.2) is 0 Å². The number of benzene rings is 3. The van der Waals surface area contributed by atoms with Gasteiger partial charge in [-0.25, -0.2) is 9.18 Å². The van der Waals surface area contributed by atoms with Crippen molar-refractivity contribution in [1.82, 2.24) is 0 Å². The molecule has 0 aliphatic carbocycles. The van der Waals surface area contributed by atoms with Gasteiger partial charge in [0.1, 0.15) is 5.82 Å². The second kappa shape index (κ2) is 7.87. The molecule has 1 amide bonds. The summed E-state index contributed by atoms with van der Waals surface area (Å²) < 4.78 is 14.0. The predicted octanol–water partition coefficient (Wildman–Crippen LogP) is 4.79.